The van der Waals surface area contributed by atoms with Gasteiger partial charge < -0.3 is 10.4 Å². The summed E-state index contributed by atoms with van der Waals surface area (Å²) >= 11 is 0. The van der Waals surface area contributed by atoms with E-state index < -0.39 is 17.8 Å². The van der Waals surface area contributed by atoms with Crippen molar-refractivity contribution in [3.05, 3.63) is 35.4 Å². The number of alkyl halides is 3. The van der Waals surface area contributed by atoms with E-state index in [-0.39, 0.29) is 0 Å². The molecule has 0 radical (unpaired) electrons. The van der Waals surface area contributed by atoms with Crippen molar-refractivity contribution in [2.75, 3.05) is 13.1 Å². The molecule has 5 heteroatoms. The fraction of sp³-hybridized carbons (Fsp3) is 0.500. The molecule has 0 spiro atoms. The Balaban J connectivity index is 2.09. The highest BCUT2D eigenvalue weighted by Gasteiger charge is 2.31. The topological polar surface area (TPSA) is 32.3 Å². The maximum atomic E-state index is 12.5. The second kappa shape index (κ2) is 4.66. The van der Waals surface area contributed by atoms with Crippen LogP contribution in [0.3, 0.4) is 0 Å². The van der Waals surface area contributed by atoms with E-state index in [1.165, 1.54) is 12.1 Å². The van der Waals surface area contributed by atoms with E-state index in [2.05, 4.69) is 5.32 Å². The lowest BCUT2D eigenvalue weighted by Crippen LogP contribution is -2.42. The van der Waals surface area contributed by atoms with E-state index in [4.69, 9.17) is 0 Å². The van der Waals surface area contributed by atoms with Crippen molar-refractivity contribution in [3.8, 4) is 0 Å². The smallest absolute Gasteiger partial charge is 0.388 e. The Morgan fingerprint density at radius 2 is 2.06 bits per heavy atom. The summed E-state index contributed by atoms with van der Waals surface area (Å²) in [7, 11) is 0. The lowest BCUT2D eigenvalue weighted by molar-refractivity contribution is -0.137. The molecule has 0 aromatic heterocycles. The van der Waals surface area contributed by atoms with Crippen LogP contribution in [0.5, 0.6) is 0 Å². The molecule has 94 valence electrons. The fourth-order valence-corrected chi connectivity index (χ4v) is 1.89. The van der Waals surface area contributed by atoms with Crippen molar-refractivity contribution in [1.82, 2.24) is 5.32 Å². The lowest BCUT2D eigenvalue weighted by atomic mass is 9.92. The zero-order chi connectivity index (χ0) is 12.5. The molecule has 1 unspecified atom stereocenters. The average Bonchev–Trinajstić information content (AvgIpc) is 2.22. The second-order valence-corrected chi connectivity index (χ2v) is 4.40. The van der Waals surface area contributed by atoms with Gasteiger partial charge in [-0.2, -0.15) is 13.2 Å². The van der Waals surface area contributed by atoms with Crippen LogP contribution in [0.4, 0.5) is 13.2 Å². The largest absolute Gasteiger partial charge is 0.416 e. The summed E-state index contributed by atoms with van der Waals surface area (Å²) in [6.07, 6.45) is -4.66. The molecule has 1 aliphatic rings. The maximum absolute atomic E-state index is 12.5. The molecule has 1 atom stereocenters. The van der Waals surface area contributed by atoms with Gasteiger partial charge in [-0.3, -0.25) is 0 Å². The molecule has 1 fully saturated rings. The Hall–Kier alpha value is -1.07. The van der Waals surface area contributed by atoms with E-state index in [0.717, 1.165) is 25.2 Å². The molecule has 1 aromatic rings. The van der Waals surface area contributed by atoms with Crippen LogP contribution in [0, 0.1) is 5.92 Å². The van der Waals surface area contributed by atoms with Gasteiger partial charge in [0.1, 0.15) is 0 Å². The summed E-state index contributed by atoms with van der Waals surface area (Å²) in [5.74, 6) is 0.361. The Morgan fingerprint density at radius 1 is 1.35 bits per heavy atom. The van der Waals surface area contributed by atoms with Gasteiger partial charge in [0, 0.05) is 0 Å². The summed E-state index contributed by atoms with van der Waals surface area (Å²) < 4.78 is 37.4. The predicted octanol–water partition coefficient (Wildman–Crippen LogP) is 2.35. The predicted molar refractivity (Wildman–Crippen MR) is 57.4 cm³/mol. The minimum Gasteiger partial charge on any atom is -0.388 e. The molecule has 1 heterocycles. The fourth-order valence-electron chi connectivity index (χ4n) is 1.89. The standard InChI is InChI=1S/C12H14F3NO/c13-12(14,15)10-3-1-2-9(5-10)11(17)4-8-6-16-7-8/h1-3,5,8,11,16-17H,4,6-7H2. The van der Waals surface area contributed by atoms with Gasteiger partial charge in [-0.15, -0.1) is 0 Å². The van der Waals surface area contributed by atoms with Crippen molar-refractivity contribution in [1.29, 1.82) is 0 Å². The molecule has 2 rings (SSSR count). The number of hydrogen-bond donors (Lipinski definition) is 2. The van der Waals surface area contributed by atoms with Crippen LogP contribution >= 0.6 is 0 Å². The average molecular weight is 245 g/mol. The first-order valence-electron chi connectivity index (χ1n) is 5.53. The number of hydrogen-bond acceptors (Lipinski definition) is 2. The molecule has 17 heavy (non-hydrogen) atoms. The summed E-state index contributed by atoms with van der Waals surface area (Å²) in [5.41, 5.74) is -0.368. The molecule has 2 nitrogen and oxygen atoms in total. The second-order valence-electron chi connectivity index (χ2n) is 4.40. The normalized spacial score (nSPS) is 18.8. The molecule has 1 aliphatic heterocycles. The monoisotopic (exact) mass is 245 g/mol. The van der Waals surface area contributed by atoms with Gasteiger partial charge in [0.2, 0.25) is 0 Å². The summed E-state index contributed by atoms with van der Waals surface area (Å²) in [5, 5.41) is 12.9. The van der Waals surface area contributed by atoms with Crippen molar-refractivity contribution >= 4 is 0 Å². The first kappa shape index (κ1) is 12.4. The highest BCUT2D eigenvalue weighted by Crippen LogP contribution is 2.32. The summed E-state index contributed by atoms with van der Waals surface area (Å²) in [6.45, 7) is 1.66. The van der Waals surface area contributed by atoms with E-state index in [0.29, 0.717) is 17.9 Å². The van der Waals surface area contributed by atoms with Gasteiger partial charge in [0.25, 0.3) is 0 Å². The molecular weight excluding hydrogens is 231 g/mol. The lowest BCUT2D eigenvalue weighted by Gasteiger charge is -2.29. The molecule has 1 saturated heterocycles. The van der Waals surface area contributed by atoms with Crippen LogP contribution in [0.1, 0.15) is 23.7 Å². The summed E-state index contributed by atoms with van der Waals surface area (Å²) in [6, 6.07) is 4.91. The van der Waals surface area contributed by atoms with Crippen molar-refractivity contribution < 1.29 is 18.3 Å². The number of halogens is 3. The SMILES string of the molecule is OC(CC1CNC1)c1cccc(C(F)(F)F)c1. The minimum atomic E-state index is -4.35. The Bertz CT molecular complexity index is 388. The zero-order valence-electron chi connectivity index (χ0n) is 9.17. The number of benzene rings is 1. The number of aliphatic hydroxyl groups is 1. The van der Waals surface area contributed by atoms with Crippen LogP contribution < -0.4 is 5.32 Å². The van der Waals surface area contributed by atoms with Crippen LogP contribution in [0.25, 0.3) is 0 Å². The molecule has 0 bridgehead atoms. The quantitative estimate of drug-likeness (QED) is 0.856. The highest BCUT2D eigenvalue weighted by atomic mass is 19.4. The van der Waals surface area contributed by atoms with Crippen LogP contribution in [-0.4, -0.2) is 18.2 Å². The van der Waals surface area contributed by atoms with Crippen molar-refractivity contribution in [2.24, 2.45) is 5.92 Å². The molecule has 2 N–H and O–H groups in total. The van der Waals surface area contributed by atoms with Gasteiger partial charge in [0.05, 0.1) is 11.7 Å². The van der Waals surface area contributed by atoms with Gasteiger partial charge in [0.15, 0.2) is 0 Å². The minimum absolute atomic E-state index is 0.340. The maximum Gasteiger partial charge on any atom is 0.416 e. The number of nitrogens with one attached hydrogen (secondary N) is 1. The molecule has 1 aromatic carbocycles. The molecule has 0 saturated carbocycles. The molecular formula is C12H14F3NO. The molecule has 0 aliphatic carbocycles. The third kappa shape index (κ3) is 2.98. The third-order valence-electron chi connectivity index (χ3n) is 3.02. The van der Waals surface area contributed by atoms with E-state index >= 15 is 0 Å². The Kier molecular flexibility index (Phi) is 3.40. The van der Waals surface area contributed by atoms with Crippen molar-refractivity contribution in [3.63, 3.8) is 0 Å². The van der Waals surface area contributed by atoms with Gasteiger partial charge in [-0.05, 0) is 43.1 Å². The number of rotatable bonds is 3. The summed E-state index contributed by atoms with van der Waals surface area (Å²) in [4.78, 5) is 0. The van der Waals surface area contributed by atoms with Crippen LogP contribution in [0.2, 0.25) is 0 Å². The first-order valence-corrected chi connectivity index (χ1v) is 5.53. The van der Waals surface area contributed by atoms with E-state index in [1.807, 2.05) is 0 Å². The first-order chi connectivity index (χ1) is 7.97. The van der Waals surface area contributed by atoms with Gasteiger partial charge in [-0.25, -0.2) is 0 Å². The van der Waals surface area contributed by atoms with Gasteiger partial charge >= 0.3 is 6.18 Å². The number of aliphatic hydroxyl groups excluding tert-OH is 1. The third-order valence-corrected chi connectivity index (χ3v) is 3.02. The van der Waals surface area contributed by atoms with Gasteiger partial charge in [-0.1, -0.05) is 12.1 Å². The Labute approximate surface area is 97.5 Å². The highest BCUT2D eigenvalue weighted by molar-refractivity contribution is 5.27. The molecule has 0 amide bonds. The van der Waals surface area contributed by atoms with Crippen molar-refractivity contribution in [2.45, 2.75) is 18.7 Å². The zero-order valence-corrected chi connectivity index (χ0v) is 9.17. The Morgan fingerprint density at radius 3 is 2.59 bits per heavy atom. The van der Waals surface area contributed by atoms with Crippen LogP contribution in [-0.2, 0) is 6.18 Å². The van der Waals surface area contributed by atoms with E-state index in [1.54, 1.807) is 0 Å². The van der Waals surface area contributed by atoms with Crippen LogP contribution in [0.15, 0.2) is 24.3 Å². The van der Waals surface area contributed by atoms with E-state index in [9.17, 15) is 18.3 Å².